The summed E-state index contributed by atoms with van der Waals surface area (Å²) in [5.74, 6) is -0.00249. The minimum Gasteiger partial charge on any atom is -0.339 e. The van der Waals surface area contributed by atoms with Crippen molar-refractivity contribution in [3.8, 4) is 0 Å². The summed E-state index contributed by atoms with van der Waals surface area (Å²) < 4.78 is 28.0. The number of benzene rings is 1. The zero-order valence-electron chi connectivity index (χ0n) is 18.7. The maximum atomic E-state index is 13.0. The van der Waals surface area contributed by atoms with Crippen molar-refractivity contribution in [2.75, 3.05) is 18.4 Å². The lowest BCUT2D eigenvalue weighted by Crippen LogP contribution is -2.34. The first-order valence-corrected chi connectivity index (χ1v) is 12.3. The summed E-state index contributed by atoms with van der Waals surface area (Å²) in [4.78, 5) is 31.6. The van der Waals surface area contributed by atoms with Crippen LogP contribution in [0.4, 0.5) is 14.7 Å². The number of halogens is 2. The van der Waals surface area contributed by atoms with Gasteiger partial charge in [-0.25, -0.2) is 13.8 Å². The Morgan fingerprint density at radius 3 is 2.65 bits per heavy atom. The number of hydrogen-bond acceptors (Lipinski definition) is 4. The lowest BCUT2D eigenvalue weighted by molar-refractivity contribution is -0.125. The molecule has 6 nitrogen and oxygen atoms in total. The summed E-state index contributed by atoms with van der Waals surface area (Å²) in [7, 11) is 0. The molecule has 1 spiro atoms. The summed E-state index contributed by atoms with van der Waals surface area (Å²) >= 11 is 0.795. The van der Waals surface area contributed by atoms with Crippen LogP contribution in [0, 0.1) is 5.41 Å². The lowest BCUT2D eigenvalue weighted by Gasteiger charge is -2.38. The molecule has 2 aromatic heterocycles. The number of para-hydroxylation sites is 2. The van der Waals surface area contributed by atoms with Gasteiger partial charge in [0.2, 0.25) is 11.9 Å². The van der Waals surface area contributed by atoms with Gasteiger partial charge >= 0.3 is 0 Å². The van der Waals surface area contributed by atoms with Crippen molar-refractivity contribution in [3.05, 3.63) is 58.8 Å². The number of aromatic nitrogens is 2. The Kier molecular flexibility index (Phi) is 5.97. The van der Waals surface area contributed by atoms with E-state index in [0.29, 0.717) is 5.95 Å². The van der Waals surface area contributed by atoms with Gasteiger partial charge in [0.1, 0.15) is 0 Å². The molecule has 0 unspecified atom stereocenters. The fourth-order valence-electron chi connectivity index (χ4n) is 5.39. The maximum absolute atomic E-state index is 13.0. The SMILES string of the molecule is C=CC(=O)N1CCC2(CCC(n3c(NC(=O)c4ccc(C(F)F)s4)nc4ccccc43)CC2)C1. The minimum absolute atomic E-state index is 0.00632. The molecule has 0 bridgehead atoms. The summed E-state index contributed by atoms with van der Waals surface area (Å²) in [6, 6.07) is 10.6. The number of imidazole rings is 1. The first kappa shape index (κ1) is 22.7. The van der Waals surface area contributed by atoms with Gasteiger partial charge in [-0.2, -0.15) is 0 Å². The topological polar surface area (TPSA) is 67.2 Å². The molecule has 1 N–H and O–H groups in total. The minimum atomic E-state index is -2.60. The van der Waals surface area contributed by atoms with Gasteiger partial charge in [0.25, 0.3) is 12.3 Å². The third-order valence-electron chi connectivity index (χ3n) is 7.19. The van der Waals surface area contributed by atoms with E-state index in [-0.39, 0.29) is 27.1 Å². The number of likely N-dealkylation sites (tertiary alicyclic amines) is 1. The second-order valence-electron chi connectivity index (χ2n) is 9.20. The van der Waals surface area contributed by atoms with Crippen molar-refractivity contribution in [3.63, 3.8) is 0 Å². The van der Waals surface area contributed by atoms with Crippen molar-refractivity contribution in [2.45, 2.75) is 44.6 Å². The highest BCUT2D eigenvalue weighted by Crippen LogP contribution is 2.48. The second kappa shape index (κ2) is 8.94. The molecule has 5 rings (SSSR count). The van der Waals surface area contributed by atoms with Gasteiger partial charge in [-0.05, 0) is 67.9 Å². The number of thiophene rings is 1. The number of hydrogen-bond donors (Lipinski definition) is 1. The lowest BCUT2D eigenvalue weighted by atomic mass is 9.72. The summed E-state index contributed by atoms with van der Waals surface area (Å²) in [6.45, 7) is 5.14. The molecular formula is C25H26F2N4O2S. The molecule has 178 valence electrons. The van der Waals surface area contributed by atoms with Crippen LogP contribution in [0.5, 0.6) is 0 Å². The number of nitrogens with zero attached hydrogens (tertiary/aromatic N) is 3. The molecular weight excluding hydrogens is 458 g/mol. The zero-order chi connectivity index (χ0) is 23.9. The Morgan fingerprint density at radius 2 is 1.94 bits per heavy atom. The van der Waals surface area contributed by atoms with Crippen molar-refractivity contribution in [1.29, 1.82) is 0 Å². The van der Waals surface area contributed by atoms with E-state index in [4.69, 9.17) is 0 Å². The normalized spacial score (nSPS) is 22.6. The molecule has 3 aromatic rings. The van der Waals surface area contributed by atoms with E-state index in [9.17, 15) is 18.4 Å². The van der Waals surface area contributed by atoms with E-state index in [1.807, 2.05) is 29.2 Å². The van der Waals surface area contributed by atoms with E-state index in [2.05, 4.69) is 21.4 Å². The van der Waals surface area contributed by atoms with Gasteiger partial charge < -0.3 is 9.47 Å². The molecule has 1 saturated heterocycles. The number of amides is 2. The number of anilines is 1. The smallest absolute Gasteiger partial charge is 0.272 e. The number of rotatable bonds is 5. The predicted molar refractivity (Wildman–Crippen MR) is 128 cm³/mol. The van der Waals surface area contributed by atoms with Crippen LogP contribution in [0.15, 0.2) is 49.1 Å². The summed E-state index contributed by atoms with van der Waals surface area (Å²) in [5, 5.41) is 2.87. The highest BCUT2D eigenvalue weighted by atomic mass is 32.1. The Hall–Kier alpha value is -3.07. The third-order valence-corrected chi connectivity index (χ3v) is 8.28. The number of carbonyl (C=O) groups excluding carboxylic acids is 2. The van der Waals surface area contributed by atoms with E-state index in [1.165, 1.54) is 18.2 Å². The van der Waals surface area contributed by atoms with Crippen LogP contribution < -0.4 is 5.32 Å². The maximum Gasteiger partial charge on any atom is 0.272 e. The first-order chi connectivity index (χ1) is 16.4. The van der Waals surface area contributed by atoms with E-state index in [0.717, 1.165) is 67.6 Å². The standard InChI is InChI=1S/C25H26F2N4O2S/c1-2-21(32)30-14-13-25(15-30)11-9-16(10-12-25)31-18-6-4-3-5-17(18)28-24(31)29-23(33)20-8-7-19(34-20)22(26)27/h2-8,16,22H,1,9-15H2,(H,28,29,33). The van der Waals surface area contributed by atoms with E-state index >= 15 is 0 Å². The molecule has 2 aliphatic rings. The molecule has 1 saturated carbocycles. The number of alkyl halides is 2. The van der Waals surface area contributed by atoms with Gasteiger partial charge in [-0.1, -0.05) is 18.7 Å². The van der Waals surface area contributed by atoms with Crippen LogP contribution in [-0.2, 0) is 4.79 Å². The first-order valence-electron chi connectivity index (χ1n) is 11.5. The van der Waals surface area contributed by atoms with Gasteiger partial charge in [-0.3, -0.25) is 14.9 Å². The van der Waals surface area contributed by atoms with Gasteiger partial charge in [0.05, 0.1) is 20.8 Å². The fraction of sp³-hybridized carbons (Fsp3) is 0.400. The number of carbonyl (C=O) groups is 2. The van der Waals surface area contributed by atoms with E-state index < -0.39 is 12.3 Å². The average molecular weight is 485 g/mol. The molecule has 34 heavy (non-hydrogen) atoms. The van der Waals surface area contributed by atoms with Crippen LogP contribution in [0.25, 0.3) is 11.0 Å². The van der Waals surface area contributed by atoms with Gasteiger partial charge in [0.15, 0.2) is 0 Å². The van der Waals surface area contributed by atoms with Crippen LogP contribution in [0.1, 0.15) is 59.1 Å². The molecule has 1 aromatic carbocycles. The molecule has 0 atom stereocenters. The van der Waals surface area contributed by atoms with Gasteiger partial charge in [0, 0.05) is 19.1 Å². The predicted octanol–water partition coefficient (Wildman–Crippen LogP) is 5.81. The third kappa shape index (κ3) is 4.13. The highest BCUT2D eigenvalue weighted by Gasteiger charge is 2.42. The van der Waals surface area contributed by atoms with E-state index in [1.54, 1.807) is 0 Å². The second-order valence-corrected chi connectivity index (χ2v) is 10.3. The fourth-order valence-corrected chi connectivity index (χ4v) is 6.15. The Morgan fingerprint density at radius 1 is 1.18 bits per heavy atom. The molecule has 2 amide bonds. The molecule has 9 heteroatoms. The summed E-state index contributed by atoms with van der Waals surface area (Å²) in [5.41, 5.74) is 1.85. The monoisotopic (exact) mass is 484 g/mol. The van der Waals surface area contributed by atoms with Crippen molar-refractivity contribution < 1.29 is 18.4 Å². The van der Waals surface area contributed by atoms with Crippen molar-refractivity contribution >= 4 is 40.1 Å². The van der Waals surface area contributed by atoms with Crippen LogP contribution in [-0.4, -0.2) is 39.4 Å². The summed E-state index contributed by atoms with van der Waals surface area (Å²) in [6.07, 6.45) is 3.58. The Labute approximate surface area is 200 Å². The molecule has 2 fully saturated rings. The average Bonchev–Trinajstić information content (AvgIpc) is 3.57. The Bertz CT molecular complexity index is 1240. The molecule has 1 aliphatic heterocycles. The van der Waals surface area contributed by atoms with Crippen molar-refractivity contribution in [1.82, 2.24) is 14.5 Å². The largest absolute Gasteiger partial charge is 0.339 e. The van der Waals surface area contributed by atoms with Crippen molar-refractivity contribution in [2.24, 2.45) is 5.41 Å². The highest BCUT2D eigenvalue weighted by molar-refractivity contribution is 7.14. The quantitative estimate of drug-likeness (QED) is 0.465. The van der Waals surface area contributed by atoms with Crippen LogP contribution in [0.2, 0.25) is 0 Å². The van der Waals surface area contributed by atoms with Crippen LogP contribution >= 0.6 is 11.3 Å². The molecule has 1 aliphatic carbocycles. The number of fused-ring (bicyclic) bond motifs is 1. The van der Waals surface area contributed by atoms with Crippen LogP contribution in [0.3, 0.4) is 0 Å². The molecule has 3 heterocycles. The molecule has 0 radical (unpaired) electrons. The van der Waals surface area contributed by atoms with Gasteiger partial charge in [-0.15, -0.1) is 11.3 Å². The Balaban J connectivity index is 1.37. The zero-order valence-corrected chi connectivity index (χ0v) is 19.5. The number of nitrogens with one attached hydrogen (secondary N) is 1.